The van der Waals surface area contributed by atoms with E-state index in [0.29, 0.717) is 24.5 Å². The van der Waals surface area contributed by atoms with Gasteiger partial charge in [0.1, 0.15) is 0 Å². The molecule has 2 aromatic rings. The van der Waals surface area contributed by atoms with Crippen molar-refractivity contribution in [3.63, 3.8) is 0 Å². The molecule has 0 aliphatic carbocycles. The lowest BCUT2D eigenvalue weighted by molar-refractivity contribution is 0.0988. The predicted octanol–water partition coefficient (Wildman–Crippen LogP) is 2.41. The van der Waals surface area contributed by atoms with Gasteiger partial charge in [-0.2, -0.15) is 4.31 Å². The van der Waals surface area contributed by atoms with Crippen LogP contribution in [-0.2, 0) is 10.0 Å². The van der Waals surface area contributed by atoms with Crippen LogP contribution in [0.3, 0.4) is 0 Å². The molecule has 1 amide bonds. The summed E-state index contributed by atoms with van der Waals surface area (Å²) in [5.41, 5.74) is 1.83. The average molecular weight is 450 g/mol. The first-order chi connectivity index (χ1) is 14.8. The van der Waals surface area contributed by atoms with Gasteiger partial charge in [-0.15, -0.1) is 0 Å². The molecule has 1 fully saturated rings. The zero-order valence-corrected chi connectivity index (χ0v) is 19.4. The van der Waals surface area contributed by atoms with Crippen molar-refractivity contribution in [2.75, 3.05) is 56.0 Å². The molecule has 0 bridgehead atoms. The normalized spacial score (nSPS) is 15.5. The topological polar surface area (TPSA) is 99.0 Å². The van der Waals surface area contributed by atoms with Crippen LogP contribution in [0.4, 0.5) is 11.4 Å². The minimum Gasteiger partial charge on any atom is -0.367 e. The number of nitrogens with zero attached hydrogens (tertiary/aromatic N) is 4. The molecule has 2 heterocycles. The molecule has 0 spiro atoms. The Kier molecular flexibility index (Phi) is 7.34. The van der Waals surface area contributed by atoms with Gasteiger partial charge in [0.15, 0.2) is 0 Å². The number of likely N-dealkylation sites (N-methyl/N-ethyl adjacent to an activating group) is 1. The van der Waals surface area contributed by atoms with Crippen LogP contribution in [0.25, 0.3) is 0 Å². The first-order valence-corrected chi connectivity index (χ1v) is 12.1. The Morgan fingerprint density at radius 3 is 2.35 bits per heavy atom. The summed E-state index contributed by atoms with van der Waals surface area (Å²) in [6.07, 6.45) is 0. The molecule has 10 heteroatoms. The number of hydrogen-bond donors (Lipinski definition) is 1. The van der Waals surface area contributed by atoms with E-state index in [4.69, 9.17) is 4.52 Å². The lowest BCUT2D eigenvalue weighted by atomic mass is 10.2. The maximum absolute atomic E-state index is 13.0. The van der Waals surface area contributed by atoms with Gasteiger partial charge < -0.3 is 19.6 Å². The van der Waals surface area contributed by atoms with Crippen LogP contribution in [-0.4, -0.2) is 74.5 Å². The standard InChI is InChI=1S/C21H31N5O4S/c1-5-24-10-12-25(13-11-24)19-9-8-17(31(28,29)26(6-2)7-3)15-18(19)22-21(27)20-14-16(4)23-30-20/h8-9,14-15H,5-7,10-13H2,1-4H3,(H,22,27). The molecule has 0 atom stereocenters. The average Bonchev–Trinajstić information content (AvgIpc) is 3.21. The first-order valence-electron chi connectivity index (χ1n) is 10.7. The number of carbonyl (C=O) groups is 1. The van der Waals surface area contributed by atoms with Gasteiger partial charge in [0.05, 0.1) is 22.0 Å². The third kappa shape index (κ3) is 5.08. The van der Waals surface area contributed by atoms with Gasteiger partial charge >= 0.3 is 0 Å². The van der Waals surface area contributed by atoms with Gasteiger partial charge in [-0.05, 0) is 31.7 Å². The Bertz CT molecular complexity index is 1010. The third-order valence-electron chi connectivity index (χ3n) is 5.57. The summed E-state index contributed by atoms with van der Waals surface area (Å²) in [7, 11) is -3.66. The number of benzene rings is 1. The summed E-state index contributed by atoms with van der Waals surface area (Å²) < 4.78 is 32.5. The van der Waals surface area contributed by atoms with E-state index in [0.717, 1.165) is 38.4 Å². The maximum atomic E-state index is 13.0. The summed E-state index contributed by atoms with van der Waals surface area (Å²) in [5, 5.41) is 6.60. The van der Waals surface area contributed by atoms with Crippen molar-refractivity contribution >= 4 is 27.3 Å². The molecular formula is C21H31N5O4S. The fraction of sp³-hybridized carbons (Fsp3) is 0.524. The molecule has 1 aliphatic heterocycles. The van der Waals surface area contributed by atoms with Gasteiger partial charge in [-0.3, -0.25) is 4.79 Å². The summed E-state index contributed by atoms with van der Waals surface area (Å²) in [5.74, 6) is -0.386. The Morgan fingerprint density at radius 1 is 1.13 bits per heavy atom. The van der Waals surface area contributed by atoms with E-state index < -0.39 is 15.9 Å². The second-order valence-electron chi connectivity index (χ2n) is 7.48. The summed E-state index contributed by atoms with van der Waals surface area (Å²) in [4.78, 5) is 17.4. The number of aromatic nitrogens is 1. The van der Waals surface area contributed by atoms with Crippen molar-refractivity contribution in [1.29, 1.82) is 0 Å². The lowest BCUT2D eigenvalue weighted by Crippen LogP contribution is -2.46. The maximum Gasteiger partial charge on any atom is 0.294 e. The highest BCUT2D eigenvalue weighted by Crippen LogP contribution is 2.31. The molecule has 31 heavy (non-hydrogen) atoms. The first kappa shape index (κ1) is 23.2. The highest BCUT2D eigenvalue weighted by molar-refractivity contribution is 7.89. The molecule has 1 saturated heterocycles. The molecular weight excluding hydrogens is 418 g/mol. The molecule has 0 saturated carbocycles. The molecule has 0 radical (unpaired) electrons. The molecule has 1 aromatic heterocycles. The van der Waals surface area contributed by atoms with E-state index in [1.807, 2.05) is 0 Å². The van der Waals surface area contributed by atoms with Crippen molar-refractivity contribution in [2.24, 2.45) is 0 Å². The molecule has 9 nitrogen and oxygen atoms in total. The Labute approximate surface area is 184 Å². The number of aryl methyl sites for hydroxylation is 1. The number of piperazine rings is 1. The van der Waals surface area contributed by atoms with E-state index in [1.54, 1.807) is 39.0 Å². The minimum absolute atomic E-state index is 0.0799. The number of sulfonamides is 1. The van der Waals surface area contributed by atoms with Crippen LogP contribution >= 0.6 is 0 Å². The molecule has 0 unspecified atom stereocenters. The molecule has 1 N–H and O–H groups in total. The number of amides is 1. The number of hydrogen-bond acceptors (Lipinski definition) is 7. The van der Waals surface area contributed by atoms with Gasteiger partial charge in [0.25, 0.3) is 5.91 Å². The number of anilines is 2. The summed E-state index contributed by atoms with van der Waals surface area (Å²) in [6.45, 7) is 12.6. The molecule has 1 aliphatic rings. The SMILES string of the molecule is CCN1CCN(c2ccc(S(=O)(=O)N(CC)CC)cc2NC(=O)c2cc(C)no2)CC1. The van der Waals surface area contributed by atoms with Crippen molar-refractivity contribution in [2.45, 2.75) is 32.6 Å². The highest BCUT2D eigenvalue weighted by atomic mass is 32.2. The molecule has 170 valence electrons. The zero-order valence-electron chi connectivity index (χ0n) is 18.6. The molecule has 3 rings (SSSR count). The number of nitrogens with one attached hydrogen (secondary N) is 1. The number of carbonyl (C=O) groups excluding carboxylic acids is 1. The lowest BCUT2D eigenvalue weighted by Gasteiger charge is -2.36. The van der Waals surface area contributed by atoms with E-state index >= 15 is 0 Å². The minimum atomic E-state index is -3.66. The van der Waals surface area contributed by atoms with Crippen molar-refractivity contribution < 1.29 is 17.7 Å². The van der Waals surface area contributed by atoms with Gasteiger partial charge in [0, 0.05) is 45.3 Å². The van der Waals surface area contributed by atoms with Crippen LogP contribution in [0.5, 0.6) is 0 Å². The van der Waals surface area contributed by atoms with Crippen molar-refractivity contribution in [3.05, 3.63) is 35.7 Å². The van der Waals surface area contributed by atoms with Crippen LogP contribution in [0.2, 0.25) is 0 Å². The quantitative estimate of drug-likeness (QED) is 0.661. The predicted molar refractivity (Wildman–Crippen MR) is 120 cm³/mol. The second-order valence-corrected chi connectivity index (χ2v) is 9.41. The number of rotatable bonds is 8. The van der Waals surface area contributed by atoms with Crippen molar-refractivity contribution in [1.82, 2.24) is 14.4 Å². The van der Waals surface area contributed by atoms with Gasteiger partial charge in [-0.25, -0.2) is 8.42 Å². The smallest absolute Gasteiger partial charge is 0.294 e. The van der Waals surface area contributed by atoms with Crippen LogP contribution < -0.4 is 10.2 Å². The summed E-state index contributed by atoms with van der Waals surface area (Å²) in [6, 6.07) is 6.48. The molecule has 1 aromatic carbocycles. The fourth-order valence-electron chi connectivity index (χ4n) is 3.72. The van der Waals surface area contributed by atoms with E-state index in [-0.39, 0.29) is 10.7 Å². The van der Waals surface area contributed by atoms with Crippen LogP contribution in [0.1, 0.15) is 37.0 Å². The highest BCUT2D eigenvalue weighted by Gasteiger charge is 2.26. The van der Waals surface area contributed by atoms with Crippen LogP contribution in [0.15, 0.2) is 33.7 Å². The Morgan fingerprint density at radius 2 is 1.81 bits per heavy atom. The van der Waals surface area contributed by atoms with Gasteiger partial charge in [0.2, 0.25) is 15.8 Å². The Hall–Kier alpha value is -2.43. The zero-order chi connectivity index (χ0) is 22.6. The van der Waals surface area contributed by atoms with E-state index in [2.05, 4.69) is 27.2 Å². The largest absolute Gasteiger partial charge is 0.367 e. The van der Waals surface area contributed by atoms with Crippen LogP contribution in [0, 0.1) is 6.92 Å². The van der Waals surface area contributed by atoms with E-state index in [9.17, 15) is 13.2 Å². The summed E-state index contributed by atoms with van der Waals surface area (Å²) >= 11 is 0. The van der Waals surface area contributed by atoms with Crippen molar-refractivity contribution in [3.8, 4) is 0 Å². The Balaban J connectivity index is 1.97. The monoisotopic (exact) mass is 449 g/mol. The van der Waals surface area contributed by atoms with E-state index in [1.165, 1.54) is 10.4 Å². The second kappa shape index (κ2) is 9.80. The van der Waals surface area contributed by atoms with Gasteiger partial charge in [-0.1, -0.05) is 25.9 Å². The fourth-order valence-corrected chi connectivity index (χ4v) is 5.21. The third-order valence-corrected chi connectivity index (χ3v) is 7.62.